The summed E-state index contributed by atoms with van der Waals surface area (Å²) in [4.78, 5) is 37.2. The Hall–Kier alpha value is -7.19. The first-order chi connectivity index (χ1) is 33.9. The average molecular weight is 922 g/mol. The first-order valence-corrected chi connectivity index (χ1v) is 25.0. The summed E-state index contributed by atoms with van der Waals surface area (Å²) in [6.45, 7) is 10.0. The van der Waals surface area contributed by atoms with Crippen molar-refractivity contribution < 1.29 is 4.79 Å². The van der Waals surface area contributed by atoms with E-state index in [1.807, 2.05) is 59.4 Å². The summed E-state index contributed by atoms with van der Waals surface area (Å²) in [6.07, 6.45) is 23.0. The number of carbonyl (C=O) groups is 1. The minimum Gasteiger partial charge on any atom is -0.354 e. The zero-order valence-corrected chi connectivity index (χ0v) is 39.9. The second-order valence-electron chi connectivity index (χ2n) is 18.9. The molecule has 1 aliphatic carbocycles. The van der Waals surface area contributed by atoms with Gasteiger partial charge in [0.2, 0.25) is 0 Å². The van der Waals surface area contributed by atoms with Crippen LogP contribution in [0.3, 0.4) is 0 Å². The van der Waals surface area contributed by atoms with Crippen LogP contribution >= 0.6 is 0 Å². The maximum atomic E-state index is 11.2. The largest absolute Gasteiger partial charge is 0.354 e. The van der Waals surface area contributed by atoms with E-state index in [-0.39, 0.29) is 0 Å². The number of hydrogen-bond acceptors (Lipinski definition) is 12. The number of aldehydes is 1. The molecule has 0 amide bonds. The Kier molecular flexibility index (Phi) is 14.1. The van der Waals surface area contributed by atoms with Crippen molar-refractivity contribution in [3.8, 4) is 22.5 Å². The highest BCUT2D eigenvalue weighted by atomic mass is 16.1. The van der Waals surface area contributed by atoms with Gasteiger partial charge in [0.05, 0.1) is 22.8 Å². The van der Waals surface area contributed by atoms with Crippen LogP contribution in [0.1, 0.15) is 100 Å². The average Bonchev–Trinajstić information content (AvgIpc) is 4.25. The SMILES string of the molecule is C1CCCC1.CC1CCCN1c1cccc(Nc2cc(-c3cccc(C=O)c3)nn3ccnc23)n1.CC1CCCN1c1cccc(Nc2cc(-c3cccc(CN4CCCC4)c3)nn3ccnc23)n1. The van der Waals surface area contributed by atoms with Crippen molar-refractivity contribution in [1.82, 2.24) is 44.1 Å². The molecular formula is C55H63N13O. The van der Waals surface area contributed by atoms with E-state index in [2.05, 4.69) is 103 Å². The van der Waals surface area contributed by atoms with Gasteiger partial charge < -0.3 is 20.4 Å². The molecule has 2 unspecified atom stereocenters. The van der Waals surface area contributed by atoms with Crippen molar-refractivity contribution in [1.29, 1.82) is 0 Å². The molecule has 14 nitrogen and oxygen atoms in total. The van der Waals surface area contributed by atoms with Crippen LogP contribution in [0.5, 0.6) is 0 Å². The lowest BCUT2D eigenvalue weighted by atomic mass is 10.1. The van der Waals surface area contributed by atoms with E-state index in [0.29, 0.717) is 23.3 Å². The van der Waals surface area contributed by atoms with Gasteiger partial charge >= 0.3 is 0 Å². The molecule has 14 heteroatoms. The molecule has 3 saturated heterocycles. The summed E-state index contributed by atoms with van der Waals surface area (Å²) < 4.78 is 3.58. The van der Waals surface area contributed by atoms with Crippen LogP contribution in [0.2, 0.25) is 0 Å². The molecule has 6 aromatic heterocycles. The lowest BCUT2D eigenvalue weighted by molar-refractivity contribution is 0.112. The number of likely N-dealkylation sites (tertiary alicyclic amines) is 1. The van der Waals surface area contributed by atoms with Gasteiger partial charge in [0, 0.05) is 73.2 Å². The van der Waals surface area contributed by atoms with Gasteiger partial charge in [-0.15, -0.1) is 0 Å². The standard InChI is InChI=1S/C27H31N7.C23H22N6O.C5H10/c1-20-7-6-15-33(20)26-11-5-10-25(30-26)29-24-18-23(31-34-16-12-28-27(24)34)22-9-4-8-21(17-22)19-32-13-2-3-14-32;1-16-5-4-11-28(16)22-9-3-8-21(26-22)25-20-14-19(27-29-12-10-24-23(20)29)18-7-2-6-17(13-18)15-30;1-2-4-5-3-1/h4-5,8-12,16-18,20H,2-3,6-7,13-15,19H2,1H3,(H,29,30);2-3,6-10,12-16H,4-5,11H2,1H3,(H,25,26);1-5H2. The minimum atomic E-state index is 0.504. The van der Waals surface area contributed by atoms with Gasteiger partial charge in [-0.25, -0.2) is 29.0 Å². The van der Waals surface area contributed by atoms with Gasteiger partial charge in [0.15, 0.2) is 11.3 Å². The Morgan fingerprint density at radius 1 is 0.565 bits per heavy atom. The molecule has 9 heterocycles. The Labute approximate surface area is 404 Å². The van der Waals surface area contributed by atoms with E-state index in [1.165, 1.54) is 89.3 Å². The van der Waals surface area contributed by atoms with E-state index in [9.17, 15) is 4.79 Å². The predicted molar refractivity (Wildman–Crippen MR) is 277 cm³/mol. The third-order valence-electron chi connectivity index (χ3n) is 13.8. The predicted octanol–water partition coefficient (Wildman–Crippen LogP) is 11.4. The molecule has 4 fully saturated rings. The fourth-order valence-electron chi connectivity index (χ4n) is 10.1. The third kappa shape index (κ3) is 10.9. The lowest BCUT2D eigenvalue weighted by Gasteiger charge is -2.23. The molecule has 8 aromatic rings. The maximum absolute atomic E-state index is 11.2. The van der Waals surface area contributed by atoms with Gasteiger partial charge in [0.1, 0.15) is 29.6 Å². The van der Waals surface area contributed by atoms with Crippen molar-refractivity contribution >= 4 is 52.2 Å². The number of benzene rings is 2. The quantitative estimate of drug-likeness (QED) is 0.119. The summed E-state index contributed by atoms with van der Waals surface area (Å²) >= 11 is 0. The Bertz CT molecular complexity index is 2980. The molecule has 2 N–H and O–H groups in total. The van der Waals surface area contributed by atoms with Crippen LogP contribution in [0.25, 0.3) is 33.8 Å². The molecule has 354 valence electrons. The Balaban J connectivity index is 0.000000146. The first-order valence-electron chi connectivity index (χ1n) is 25.0. The number of pyridine rings is 2. The molecular weight excluding hydrogens is 859 g/mol. The van der Waals surface area contributed by atoms with Gasteiger partial charge in [0.25, 0.3) is 0 Å². The van der Waals surface area contributed by atoms with E-state index in [0.717, 1.165) is 88.7 Å². The molecule has 0 spiro atoms. The molecule has 69 heavy (non-hydrogen) atoms. The minimum absolute atomic E-state index is 0.504. The van der Waals surface area contributed by atoms with Gasteiger partial charge in [-0.3, -0.25) is 9.69 Å². The molecule has 0 radical (unpaired) electrons. The first kappa shape index (κ1) is 45.6. The number of anilines is 6. The number of rotatable bonds is 11. The smallest absolute Gasteiger partial charge is 0.177 e. The summed E-state index contributed by atoms with van der Waals surface area (Å²) in [5, 5.41) is 16.4. The number of hydrogen-bond donors (Lipinski definition) is 2. The van der Waals surface area contributed by atoms with Crippen molar-refractivity contribution in [2.75, 3.05) is 46.6 Å². The molecule has 4 aliphatic rings. The van der Waals surface area contributed by atoms with E-state index in [1.54, 1.807) is 23.0 Å². The van der Waals surface area contributed by atoms with E-state index in [4.69, 9.17) is 15.1 Å². The normalized spacial score (nSPS) is 18.0. The number of nitrogens with zero attached hydrogens (tertiary/aromatic N) is 11. The number of carbonyl (C=O) groups excluding carboxylic acids is 1. The van der Waals surface area contributed by atoms with Crippen molar-refractivity contribution in [3.63, 3.8) is 0 Å². The monoisotopic (exact) mass is 922 g/mol. The lowest BCUT2D eigenvalue weighted by Crippen LogP contribution is -2.27. The number of imidazole rings is 2. The highest BCUT2D eigenvalue weighted by Gasteiger charge is 2.23. The summed E-state index contributed by atoms with van der Waals surface area (Å²) in [7, 11) is 0. The van der Waals surface area contributed by atoms with Gasteiger partial charge in [-0.1, -0.05) is 80.6 Å². The van der Waals surface area contributed by atoms with Crippen LogP contribution in [-0.2, 0) is 6.54 Å². The molecule has 12 rings (SSSR count). The van der Waals surface area contributed by atoms with Crippen LogP contribution in [0.15, 0.2) is 122 Å². The van der Waals surface area contributed by atoms with Crippen LogP contribution in [-0.4, -0.2) is 88.6 Å². The molecule has 0 bridgehead atoms. The van der Waals surface area contributed by atoms with Crippen molar-refractivity contribution in [3.05, 3.63) is 133 Å². The fourth-order valence-corrected chi connectivity index (χ4v) is 10.1. The second kappa shape index (κ2) is 21.4. The molecule has 1 saturated carbocycles. The summed E-state index contributed by atoms with van der Waals surface area (Å²) in [5.74, 6) is 3.59. The molecule has 2 aromatic carbocycles. The highest BCUT2D eigenvalue weighted by Crippen LogP contribution is 2.31. The zero-order chi connectivity index (χ0) is 46.9. The van der Waals surface area contributed by atoms with Gasteiger partial charge in [-0.2, -0.15) is 10.2 Å². The fraction of sp³-hybridized carbons (Fsp3) is 0.364. The topological polar surface area (TPSA) is 137 Å². The van der Waals surface area contributed by atoms with Gasteiger partial charge in [-0.05, 0) is 120 Å². The summed E-state index contributed by atoms with van der Waals surface area (Å²) in [5.41, 5.74) is 8.80. The number of nitrogens with one attached hydrogen (secondary N) is 2. The van der Waals surface area contributed by atoms with E-state index < -0.39 is 0 Å². The van der Waals surface area contributed by atoms with E-state index >= 15 is 0 Å². The highest BCUT2D eigenvalue weighted by molar-refractivity contribution is 5.81. The molecule has 3 aliphatic heterocycles. The number of aromatic nitrogens is 8. The number of fused-ring (bicyclic) bond motifs is 2. The summed E-state index contributed by atoms with van der Waals surface area (Å²) in [6, 6.07) is 33.4. The maximum Gasteiger partial charge on any atom is 0.177 e. The Morgan fingerprint density at radius 3 is 1.58 bits per heavy atom. The third-order valence-corrected chi connectivity index (χ3v) is 13.8. The molecule has 2 atom stereocenters. The van der Waals surface area contributed by atoms with Crippen molar-refractivity contribution in [2.24, 2.45) is 0 Å². The van der Waals surface area contributed by atoms with Crippen molar-refractivity contribution in [2.45, 2.75) is 103 Å². The zero-order valence-electron chi connectivity index (χ0n) is 39.9. The van der Waals surface area contributed by atoms with Crippen LogP contribution in [0, 0.1) is 0 Å². The van der Waals surface area contributed by atoms with Crippen LogP contribution in [0.4, 0.5) is 34.6 Å². The Morgan fingerprint density at radius 2 is 1.07 bits per heavy atom. The second-order valence-corrected chi connectivity index (χ2v) is 18.9. The van der Waals surface area contributed by atoms with Crippen LogP contribution < -0.4 is 20.4 Å².